The lowest BCUT2D eigenvalue weighted by molar-refractivity contribution is -0.140. The number of nitrogens with one attached hydrogen (secondary N) is 1. The van der Waals surface area contributed by atoms with E-state index >= 15 is 0 Å². The zero-order valence-electron chi connectivity index (χ0n) is 12.9. The summed E-state index contributed by atoms with van der Waals surface area (Å²) < 4.78 is 16.3. The summed E-state index contributed by atoms with van der Waals surface area (Å²) in [4.78, 5) is 27.0. The predicted octanol–water partition coefficient (Wildman–Crippen LogP) is 1.56. The SMILES string of the molecule is CC(CNC(=O)c1ncoc1-c1ccc2c(c1)OCCO2)C(=O)O. The van der Waals surface area contributed by atoms with Gasteiger partial charge in [-0.3, -0.25) is 9.59 Å². The smallest absolute Gasteiger partial charge is 0.308 e. The Labute approximate surface area is 137 Å². The van der Waals surface area contributed by atoms with Crippen LogP contribution in [0, 0.1) is 5.92 Å². The van der Waals surface area contributed by atoms with Crippen LogP contribution in [0.25, 0.3) is 11.3 Å². The molecule has 0 fully saturated rings. The fourth-order valence-corrected chi connectivity index (χ4v) is 2.21. The molecular weight excluding hydrogens is 316 g/mol. The van der Waals surface area contributed by atoms with Gasteiger partial charge in [-0.15, -0.1) is 0 Å². The van der Waals surface area contributed by atoms with Crippen LogP contribution >= 0.6 is 0 Å². The maximum absolute atomic E-state index is 12.2. The van der Waals surface area contributed by atoms with Gasteiger partial charge in [-0.2, -0.15) is 0 Å². The van der Waals surface area contributed by atoms with Crippen molar-refractivity contribution in [2.75, 3.05) is 19.8 Å². The number of oxazole rings is 1. The van der Waals surface area contributed by atoms with Crippen LogP contribution in [0.5, 0.6) is 11.5 Å². The monoisotopic (exact) mass is 332 g/mol. The van der Waals surface area contributed by atoms with Crippen molar-refractivity contribution in [3.8, 4) is 22.8 Å². The first-order valence-corrected chi connectivity index (χ1v) is 7.40. The molecule has 2 N–H and O–H groups in total. The van der Waals surface area contributed by atoms with Gasteiger partial charge < -0.3 is 24.3 Å². The molecule has 126 valence electrons. The molecule has 0 saturated heterocycles. The molecule has 1 amide bonds. The Balaban J connectivity index is 1.80. The van der Waals surface area contributed by atoms with Crippen LogP contribution in [0.15, 0.2) is 29.0 Å². The molecule has 1 aromatic carbocycles. The molecule has 0 aliphatic carbocycles. The molecular formula is C16H16N2O6. The number of aromatic nitrogens is 1. The van der Waals surface area contributed by atoms with Crippen LogP contribution in [-0.4, -0.2) is 41.7 Å². The van der Waals surface area contributed by atoms with E-state index in [2.05, 4.69) is 10.3 Å². The lowest BCUT2D eigenvalue weighted by Gasteiger charge is -2.18. The summed E-state index contributed by atoms with van der Waals surface area (Å²) in [6.45, 7) is 2.45. The van der Waals surface area contributed by atoms with E-state index in [-0.39, 0.29) is 18.0 Å². The van der Waals surface area contributed by atoms with Gasteiger partial charge in [0.2, 0.25) is 0 Å². The summed E-state index contributed by atoms with van der Waals surface area (Å²) in [5.41, 5.74) is 0.706. The third kappa shape index (κ3) is 3.17. The molecule has 1 aliphatic rings. The van der Waals surface area contributed by atoms with Crippen molar-refractivity contribution < 1.29 is 28.6 Å². The zero-order valence-corrected chi connectivity index (χ0v) is 12.9. The maximum atomic E-state index is 12.2. The first kappa shape index (κ1) is 15.9. The second kappa shape index (κ2) is 6.61. The van der Waals surface area contributed by atoms with Gasteiger partial charge in [0.1, 0.15) is 13.2 Å². The molecule has 1 unspecified atom stereocenters. The van der Waals surface area contributed by atoms with Crippen LogP contribution < -0.4 is 14.8 Å². The number of carbonyl (C=O) groups excluding carboxylic acids is 1. The fourth-order valence-electron chi connectivity index (χ4n) is 2.21. The number of carbonyl (C=O) groups is 2. The fraction of sp³-hybridized carbons (Fsp3) is 0.312. The molecule has 2 aromatic rings. The highest BCUT2D eigenvalue weighted by Gasteiger charge is 2.22. The Hall–Kier alpha value is -3.03. The van der Waals surface area contributed by atoms with Crippen molar-refractivity contribution in [3.05, 3.63) is 30.3 Å². The standard InChI is InChI=1S/C16H16N2O6/c1-9(16(20)21)7-17-15(19)13-14(24-8-18-13)10-2-3-11-12(6-10)23-5-4-22-11/h2-3,6,8-9H,4-5,7H2,1H3,(H,17,19)(H,20,21). The number of amides is 1. The topological polar surface area (TPSA) is 111 Å². The molecule has 3 rings (SSSR count). The lowest BCUT2D eigenvalue weighted by Crippen LogP contribution is -2.31. The van der Waals surface area contributed by atoms with Crippen molar-refractivity contribution in [1.29, 1.82) is 0 Å². The third-order valence-electron chi connectivity index (χ3n) is 3.58. The van der Waals surface area contributed by atoms with Crippen LogP contribution in [0.3, 0.4) is 0 Å². The number of benzene rings is 1. The molecule has 8 heteroatoms. The number of ether oxygens (including phenoxy) is 2. The van der Waals surface area contributed by atoms with Gasteiger partial charge in [0, 0.05) is 12.1 Å². The van der Waals surface area contributed by atoms with Crippen molar-refractivity contribution in [3.63, 3.8) is 0 Å². The Bertz CT molecular complexity index is 770. The van der Waals surface area contributed by atoms with Gasteiger partial charge >= 0.3 is 5.97 Å². The summed E-state index contributed by atoms with van der Waals surface area (Å²) in [5, 5.41) is 11.4. The van der Waals surface area contributed by atoms with Gasteiger partial charge in [-0.25, -0.2) is 4.98 Å². The van der Waals surface area contributed by atoms with Crippen LogP contribution in [0.2, 0.25) is 0 Å². The van der Waals surface area contributed by atoms with Crippen LogP contribution in [-0.2, 0) is 4.79 Å². The van der Waals surface area contributed by atoms with E-state index in [1.54, 1.807) is 18.2 Å². The van der Waals surface area contributed by atoms with Crippen molar-refractivity contribution in [2.45, 2.75) is 6.92 Å². The Kier molecular flexibility index (Phi) is 4.37. The minimum atomic E-state index is -0.984. The molecule has 24 heavy (non-hydrogen) atoms. The molecule has 0 saturated carbocycles. The number of carboxylic acids is 1. The number of rotatable bonds is 5. The Morgan fingerprint density at radius 1 is 1.29 bits per heavy atom. The lowest BCUT2D eigenvalue weighted by atomic mass is 10.1. The van der Waals surface area contributed by atoms with E-state index in [9.17, 15) is 9.59 Å². The van der Waals surface area contributed by atoms with E-state index in [0.717, 1.165) is 0 Å². The molecule has 0 spiro atoms. The summed E-state index contributed by atoms with van der Waals surface area (Å²) in [6.07, 6.45) is 1.17. The van der Waals surface area contributed by atoms with Crippen molar-refractivity contribution >= 4 is 11.9 Å². The first-order valence-electron chi connectivity index (χ1n) is 7.40. The quantitative estimate of drug-likeness (QED) is 0.854. The minimum absolute atomic E-state index is 0.00159. The van der Waals surface area contributed by atoms with E-state index < -0.39 is 17.8 Å². The number of fused-ring (bicyclic) bond motifs is 1. The highest BCUT2D eigenvalue weighted by Crippen LogP contribution is 2.35. The van der Waals surface area contributed by atoms with Crippen molar-refractivity contribution in [2.24, 2.45) is 5.92 Å². The Morgan fingerprint density at radius 2 is 2.04 bits per heavy atom. The highest BCUT2D eigenvalue weighted by atomic mass is 16.6. The number of hydrogen-bond donors (Lipinski definition) is 2. The van der Waals surface area contributed by atoms with E-state index in [1.807, 2.05) is 0 Å². The zero-order chi connectivity index (χ0) is 17.1. The van der Waals surface area contributed by atoms with Gasteiger partial charge in [0.05, 0.1) is 5.92 Å². The van der Waals surface area contributed by atoms with E-state index in [1.165, 1.54) is 13.3 Å². The summed E-state index contributed by atoms with van der Waals surface area (Å²) >= 11 is 0. The third-order valence-corrected chi connectivity index (χ3v) is 3.58. The molecule has 1 aliphatic heterocycles. The predicted molar refractivity (Wildman–Crippen MR) is 82.1 cm³/mol. The second-order valence-electron chi connectivity index (χ2n) is 5.34. The molecule has 2 heterocycles. The van der Waals surface area contributed by atoms with Gasteiger partial charge in [-0.05, 0) is 18.2 Å². The molecule has 8 nitrogen and oxygen atoms in total. The van der Waals surface area contributed by atoms with E-state index in [0.29, 0.717) is 30.3 Å². The highest BCUT2D eigenvalue weighted by molar-refractivity contribution is 5.97. The molecule has 0 radical (unpaired) electrons. The van der Waals surface area contributed by atoms with Gasteiger partial charge in [0.25, 0.3) is 5.91 Å². The summed E-state index contributed by atoms with van der Waals surface area (Å²) in [5.74, 6) is -0.692. The average Bonchev–Trinajstić information content (AvgIpc) is 3.08. The summed E-state index contributed by atoms with van der Waals surface area (Å²) in [6, 6.07) is 5.19. The average molecular weight is 332 g/mol. The number of nitrogens with zero attached hydrogens (tertiary/aromatic N) is 1. The summed E-state index contributed by atoms with van der Waals surface area (Å²) in [7, 11) is 0. The largest absolute Gasteiger partial charge is 0.486 e. The molecule has 1 aromatic heterocycles. The number of carboxylic acid groups (broad SMARTS) is 1. The molecule has 1 atom stereocenters. The van der Waals surface area contributed by atoms with Gasteiger partial charge in [0.15, 0.2) is 29.3 Å². The molecule has 0 bridgehead atoms. The number of hydrogen-bond acceptors (Lipinski definition) is 6. The second-order valence-corrected chi connectivity index (χ2v) is 5.34. The number of aliphatic carboxylic acids is 1. The Morgan fingerprint density at radius 3 is 2.79 bits per heavy atom. The normalized spacial score (nSPS) is 14.0. The maximum Gasteiger partial charge on any atom is 0.308 e. The van der Waals surface area contributed by atoms with Crippen LogP contribution in [0.1, 0.15) is 17.4 Å². The van der Waals surface area contributed by atoms with Crippen molar-refractivity contribution in [1.82, 2.24) is 10.3 Å². The van der Waals surface area contributed by atoms with Crippen LogP contribution in [0.4, 0.5) is 0 Å². The first-order chi connectivity index (χ1) is 11.6. The minimum Gasteiger partial charge on any atom is -0.486 e. The van der Waals surface area contributed by atoms with E-state index in [4.69, 9.17) is 19.0 Å². The van der Waals surface area contributed by atoms with Gasteiger partial charge in [-0.1, -0.05) is 6.92 Å².